The number of nitrogens with zero attached hydrogens (tertiary/aromatic N) is 4. The van der Waals surface area contributed by atoms with E-state index in [-0.39, 0.29) is 6.71 Å². The maximum absolute atomic E-state index is 9.81. The van der Waals surface area contributed by atoms with Crippen LogP contribution in [0.15, 0.2) is 109 Å². The van der Waals surface area contributed by atoms with Crippen molar-refractivity contribution in [3.05, 3.63) is 126 Å². The van der Waals surface area contributed by atoms with E-state index >= 15 is 0 Å². The molecule has 5 heteroatoms. The molecule has 1 saturated carbocycles. The predicted molar refractivity (Wildman–Crippen MR) is 176 cm³/mol. The van der Waals surface area contributed by atoms with Crippen LogP contribution in [0.25, 0.3) is 0 Å². The third-order valence-corrected chi connectivity index (χ3v) is 9.45. The van der Waals surface area contributed by atoms with E-state index in [0.29, 0.717) is 17.0 Å². The second-order valence-corrected chi connectivity index (χ2v) is 11.9. The maximum Gasteiger partial charge on any atom is 0.252 e. The lowest BCUT2D eigenvalue weighted by Gasteiger charge is -2.44. The van der Waals surface area contributed by atoms with Crippen molar-refractivity contribution in [1.82, 2.24) is 0 Å². The van der Waals surface area contributed by atoms with Crippen LogP contribution in [0.1, 0.15) is 54.7 Å². The maximum atomic E-state index is 9.81. The highest BCUT2D eigenvalue weighted by Crippen LogP contribution is 2.46. The van der Waals surface area contributed by atoms with E-state index in [9.17, 15) is 10.5 Å². The van der Waals surface area contributed by atoms with Gasteiger partial charge in [0.15, 0.2) is 0 Å². The Kier molecular flexibility index (Phi) is 6.06. The molecular formula is C38H29BN4. The van der Waals surface area contributed by atoms with Crippen molar-refractivity contribution < 1.29 is 0 Å². The third kappa shape index (κ3) is 4.04. The molecule has 1 fully saturated rings. The highest BCUT2D eigenvalue weighted by atomic mass is 15.2. The van der Waals surface area contributed by atoms with Crippen LogP contribution < -0.4 is 26.2 Å². The van der Waals surface area contributed by atoms with Crippen molar-refractivity contribution in [2.75, 3.05) is 9.80 Å². The minimum absolute atomic E-state index is 0.0589. The molecule has 5 aromatic rings. The fourth-order valence-electron chi connectivity index (χ4n) is 7.58. The Hall–Kier alpha value is -5.26. The summed E-state index contributed by atoms with van der Waals surface area (Å²) in [5, 5.41) is 19.6. The molecular weight excluding hydrogens is 523 g/mol. The van der Waals surface area contributed by atoms with Crippen LogP contribution in [0.5, 0.6) is 0 Å². The second kappa shape index (κ2) is 10.2. The van der Waals surface area contributed by atoms with Crippen LogP contribution in [0.2, 0.25) is 0 Å². The molecule has 0 amide bonds. The zero-order valence-corrected chi connectivity index (χ0v) is 23.9. The van der Waals surface area contributed by atoms with Gasteiger partial charge in [-0.2, -0.15) is 10.5 Å². The number of hydrogen-bond acceptors (Lipinski definition) is 4. The van der Waals surface area contributed by atoms with Crippen molar-refractivity contribution in [3.63, 3.8) is 0 Å². The monoisotopic (exact) mass is 552 g/mol. The van der Waals surface area contributed by atoms with Gasteiger partial charge >= 0.3 is 0 Å². The van der Waals surface area contributed by atoms with E-state index < -0.39 is 0 Å². The van der Waals surface area contributed by atoms with Gasteiger partial charge in [0.05, 0.1) is 23.3 Å². The Balaban J connectivity index is 1.47. The van der Waals surface area contributed by atoms with Gasteiger partial charge in [-0.25, -0.2) is 0 Å². The van der Waals surface area contributed by atoms with Crippen molar-refractivity contribution in [3.8, 4) is 12.1 Å². The van der Waals surface area contributed by atoms with E-state index in [1.54, 1.807) is 0 Å². The van der Waals surface area contributed by atoms with Crippen molar-refractivity contribution in [2.24, 2.45) is 0 Å². The van der Waals surface area contributed by atoms with Gasteiger partial charge in [0.25, 0.3) is 6.71 Å². The van der Waals surface area contributed by atoms with Gasteiger partial charge in [0, 0.05) is 34.1 Å². The summed E-state index contributed by atoms with van der Waals surface area (Å²) in [7, 11) is 0. The largest absolute Gasteiger partial charge is 0.311 e. The standard InChI is InChI=1S/C38H29BN4/c40-24-26-10-8-14-30(20-26)42-34-18-6-4-16-32(34)39-33-17-5-7-19-35(33)43(31-15-9-11-27(21-31)25-41)37-23-29(22-36(42)38(37)39)28-12-2-1-3-13-28/h4-11,14-23,28H,1-3,12-13H2. The molecule has 0 aromatic heterocycles. The summed E-state index contributed by atoms with van der Waals surface area (Å²) in [5.41, 5.74) is 13.1. The highest BCUT2D eigenvalue weighted by Gasteiger charge is 2.43. The minimum atomic E-state index is 0.0589. The average molecular weight is 552 g/mol. The first-order valence-electron chi connectivity index (χ1n) is 15.2. The molecule has 0 saturated heterocycles. The fourth-order valence-corrected chi connectivity index (χ4v) is 7.58. The Morgan fingerprint density at radius 3 is 1.58 bits per heavy atom. The molecule has 0 spiro atoms. The molecule has 1 aliphatic carbocycles. The molecule has 0 bridgehead atoms. The van der Waals surface area contributed by atoms with E-state index in [4.69, 9.17) is 0 Å². The third-order valence-electron chi connectivity index (χ3n) is 9.45. The van der Waals surface area contributed by atoms with Gasteiger partial charge < -0.3 is 9.80 Å². The lowest BCUT2D eigenvalue weighted by Crippen LogP contribution is -2.61. The van der Waals surface area contributed by atoms with Crippen LogP contribution in [-0.4, -0.2) is 6.71 Å². The molecule has 0 atom stereocenters. The first kappa shape index (κ1) is 25.5. The van der Waals surface area contributed by atoms with Gasteiger partial charge in [-0.3, -0.25) is 0 Å². The highest BCUT2D eigenvalue weighted by molar-refractivity contribution is 7.00. The van der Waals surface area contributed by atoms with E-state index in [2.05, 4.69) is 94.7 Å². The number of para-hydroxylation sites is 2. The quantitative estimate of drug-likeness (QED) is 0.212. The normalized spacial score (nSPS) is 15.2. The molecule has 0 N–H and O–H groups in total. The summed E-state index contributed by atoms with van der Waals surface area (Å²) in [5.74, 6) is 0.502. The van der Waals surface area contributed by atoms with Gasteiger partial charge in [0.2, 0.25) is 0 Å². The molecule has 2 aliphatic heterocycles. The van der Waals surface area contributed by atoms with E-state index in [1.807, 2.05) is 36.4 Å². The summed E-state index contributed by atoms with van der Waals surface area (Å²) in [4.78, 5) is 4.74. The molecule has 0 unspecified atom stereocenters. The molecule has 0 radical (unpaired) electrons. The summed E-state index contributed by atoms with van der Waals surface area (Å²) >= 11 is 0. The number of benzene rings is 5. The molecule has 5 aromatic carbocycles. The zero-order chi connectivity index (χ0) is 28.9. The van der Waals surface area contributed by atoms with Crippen LogP contribution in [0, 0.1) is 22.7 Å². The van der Waals surface area contributed by atoms with Gasteiger partial charge in [-0.1, -0.05) is 67.8 Å². The lowest BCUT2D eigenvalue weighted by atomic mass is 9.33. The number of anilines is 6. The smallest absolute Gasteiger partial charge is 0.252 e. The summed E-state index contributed by atoms with van der Waals surface area (Å²) in [6.45, 7) is 0.0589. The Morgan fingerprint density at radius 1 is 0.558 bits per heavy atom. The Labute approximate surface area is 253 Å². The van der Waals surface area contributed by atoms with Crippen molar-refractivity contribution in [2.45, 2.75) is 38.0 Å². The summed E-state index contributed by atoms with van der Waals surface area (Å²) in [6, 6.07) is 43.0. The molecule has 4 nitrogen and oxygen atoms in total. The minimum Gasteiger partial charge on any atom is -0.311 e. The second-order valence-electron chi connectivity index (χ2n) is 11.9. The molecule has 204 valence electrons. The summed E-state index contributed by atoms with van der Waals surface area (Å²) < 4.78 is 0. The molecule has 8 rings (SSSR count). The SMILES string of the molecule is N#Cc1cccc(N2c3ccccc3B3c4ccccc4N(c4cccc(C#N)c4)c4cc(C5CCCCC5)cc2c43)c1. The first-order chi connectivity index (χ1) is 21.2. The van der Waals surface area contributed by atoms with Crippen molar-refractivity contribution >= 4 is 57.2 Å². The Morgan fingerprint density at radius 2 is 1.07 bits per heavy atom. The molecule has 43 heavy (non-hydrogen) atoms. The van der Waals surface area contributed by atoms with Gasteiger partial charge in [-0.15, -0.1) is 0 Å². The molecule has 3 aliphatic rings. The van der Waals surface area contributed by atoms with Crippen LogP contribution in [-0.2, 0) is 0 Å². The van der Waals surface area contributed by atoms with Crippen LogP contribution in [0.4, 0.5) is 34.1 Å². The number of rotatable bonds is 3. The number of fused-ring (bicyclic) bond motifs is 4. The molecule has 2 heterocycles. The predicted octanol–water partition coefficient (Wildman–Crippen LogP) is 7.56. The summed E-state index contributed by atoms with van der Waals surface area (Å²) in [6.07, 6.45) is 6.21. The Bertz CT molecular complexity index is 1850. The lowest BCUT2D eigenvalue weighted by molar-refractivity contribution is 0.444. The zero-order valence-electron chi connectivity index (χ0n) is 23.9. The van der Waals surface area contributed by atoms with Crippen LogP contribution in [0.3, 0.4) is 0 Å². The van der Waals surface area contributed by atoms with E-state index in [1.165, 1.54) is 65.4 Å². The van der Waals surface area contributed by atoms with Crippen molar-refractivity contribution in [1.29, 1.82) is 10.5 Å². The van der Waals surface area contributed by atoms with Crippen LogP contribution >= 0.6 is 0 Å². The van der Waals surface area contributed by atoms with E-state index in [0.717, 1.165) is 22.7 Å². The number of hydrogen-bond donors (Lipinski definition) is 0. The average Bonchev–Trinajstić information content (AvgIpc) is 3.08. The topological polar surface area (TPSA) is 54.1 Å². The van der Waals surface area contributed by atoms with Gasteiger partial charge in [0.1, 0.15) is 0 Å². The fraction of sp³-hybridized carbons (Fsp3) is 0.158. The number of nitriles is 2. The first-order valence-corrected chi connectivity index (χ1v) is 15.2. The van der Waals surface area contributed by atoms with Gasteiger partial charge in [-0.05, 0) is 101 Å².